The molecule has 3 nitrogen and oxygen atoms in total. The second kappa shape index (κ2) is 4.32. The van der Waals surface area contributed by atoms with E-state index in [9.17, 15) is 4.79 Å². The molecule has 0 bridgehead atoms. The lowest BCUT2D eigenvalue weighted by molar-refractivity contribution is -0.180. The Hall–Kier alpha value is -0.570. The number of hydroxylamine groups is 2. The molecule has 0 rings (SSSR count). The second-order valence-electron chi connectivity index (χ2n) is 1.63. The lowest BCUT2D eigenvalue weighted by atomic mass is 10.6. The van der Waals surface area contributed by atoms with Gasteiger partial charge in [0.15, 0.2) is 0 Å². The Bertz CT molecular complexity index is 93.1. The molecule has 9 heavy (non-hydrogen) atoms. The molecule has 0 saturated heterocycles. The first-order valence-corrected chi connectivity index (χ1v) is 3.13. The highest BCUT2D eigenvalue weighted by Crippen LogP contribution is 1.88. The molecule has 0 aromatic heterocycles. The smallest absolute Gasteiger partial charge is 0.242 e. The predicted octanol–water partition coefficient (Wildman–Crippen LogP) is 0.806. The van der Waals surface area contributed by atoms with Crippen LogP contribution in [0.5, 0.6) is 0 Å². The number of carbonyl (C=O) groups is 1. The average molecular weight is 131 g/mol. The Kier molecular flexibility index (Phi) is 4.05. The van der Waals surface area contributed by atoms with E-state index in [1.54, 1.807) is 0 Å². The molecule has 0 atom stereocenters. The Balaban J connectivity index is 3.54. The minimum absolute atomic E-state index is 0.0423. The number of rotatable bonds is 3. The maximum Gasteiger partial charge on any atom is 0.242 e. The number of carbonyl (C=O) groups excluding carboxylic acids is 1. The monoisotopic (exact) mass is 131 g/mol. The van der Waals surface area contributed by atoms with Gasteiger partial charge in [0.1, 0.15) is 0 Å². The molecule has 0 unspecified atom stereocenters. The molecule has 0 saturated carbocycles. The predicted molar refractivity (Wildman–Crippen MR) is 34.7 cm³/mol. The van der Waals surface area contributed by atoms with Crippen LogP contribution >= 0.6 is 0 Å². The minimum Gasteiger partial charge on any atom is -0.273 e. The normalized spacial score (nSPS) is 9.22. The van der Waals surface area contributed by atoms with E-state index in [1.807, 2.05) is 13.8 Å². The summed E-state index contributed by atoms with van der Waals surface area (Å²) in [7, 11) is 0. The van der Waals surface area contributed by atoms with Crippen LogP contribution < -0.4 is 0 Å². The molecule has 3 heteroatoms. The van der Waals surface area contributed by atoms with Crippen LogP contribution in [0.3, 0.4) is 0 Å². The lowest BCUT2D eigenvalue weighted by Crippen LogP contribution is -2.28. The zero-order chi connectivity index (χ0) is 7.28. The van der Waals surface area contributed by atoms with Crippen LogP contribution in [0.4, 0.5) is 0 Å². The first-order valence-electron chi connectivity index (χ1n) is 3.13. The SMILES string of the molecule is CCON(CC)C(C)=O. The number of hydrogen-bond acceptors (Lipinski definition) is 2. The van der Waals surface area contributed by atoms with Gasteiger partial charge in [-0.05, 0) is 13.8 Å². The van der Waals surface area contributed by atoms with Crippen molar-refractivity contribution >= 4 is 5.91 Å². The van der Waals surface area contributed by atoms with E-state index in [0.29, 0.717) is 13.2 Å². The third-order valence-corrected chi connectivity index (χ3v) is 0.923. The van der Waals surface area contributed by atoms with Gasteiger partial charge in [-0.3, -0.25) is 9.63 Å². The second-order valence-corrected chi connectivity index (χ2v) is 1.63. The largest absolute Gasteiger partial charge is 0.273 e. The third-order valence-electron chi connectivity index (χ3n) is 0.923. The third kappa shape index (κ3) is 3.08. The zero-order valence-electron chi connectivity index (χ0n) is 6.18. The highest BCUT2D eigenvalue weighted by atomic mass is 16.7. The van der Waals surface area contributed by atoms with Gasteiger partial charge >= 0.3 is 0 Å². The molecule has 54 valence electrons. The highest BCUT2D eigenvalue weighted by molar-refractivity contribution is 5.71. The van der Waals surface area contributed by atoms with Crippen molar-refractivity contribution in [2.45, 2.75) is 20.8 Å². The highest BCUT2D eigenvalue weighted by Gasteiger charge is 2.02. The Labute approximate surface area is 55.6 Å². The maximum atomic E-state index is 10.6. The van der Waals surface area contributed by atoms with E-state index in [-0.39, 0.29) is 5.91 Å². The van der Waals surface area contributed by atoms with Crippen LogP contribution in [0, 0.1) is 0 Å². The minimum atomic E-state index is -0.0423. The Morgan fingerprint density at radius 1 is 1.56 bits per heavy atom. The summed E-state index contributed by atoms with van der Waals surface area (Å²) in [6.07, 6.45) is 0. The van der Waals surface area contributed by atoms with Crippen LogP contribution in [0.25, 0.3) is 0 Å². The van der Waals surface area contributed by atoms with Crippen LogP contribution in [0.15, 0.2) is 0 Å². The van der Waals surface area contributed by atoms with Crippen LogP contribution in [-0.2, 0) is 9.63 Å². The number of hydrogen-bond donors (Lipinski definition) is 0. The summed E-state index contributed by atoms with van der Waals surface area (Å²) in [6.45, 7) is 6.37. The molecule has 0 aliphatic rings. The fourth-order valence-corrected chi connectivity index (χ4v) is 0.561. The maximum absolute atomic E-state index is 10.6. The van der Waals surface area contributed by atoms with Crippen molar-refractivity contribution < 1.29 is 9.63 Å². The summed E-state index contributed by atoms with van der Waals surface area (Å²) in [4.78, 5) is 15.5. The average Bonchev–Trinajstić information content (AvgIpc) is 1.82. The van der Waals surface area contributed by atoms with Crippen LogP contribution in [-0.4, -0.2) is 24.1 Å². The first kappa shape index (κ1) is 8.43. The van der Waals surface area contributed by atoms with Crippen molar-refractivity contribution in [3.05, 3.63) is 0 Å². The molecule has 0 aromatic rings. The van der Waals surface area contributed by atoms with Crippen molar-refractivity contribution in [1.82, 2.24) is 5.06 Å². The van der Waals surface area contributed by atoms with E-state index < -0.39 is 0 Å². The van der Waals surface area contributed by atoms with Gasteiger partial charge in [0.05, 0.1) is 6.61 Å². The van der Waals surface area contributed by atoms with Gasteiger partial charge in [-0.25, -0.2) is 5.06 Å². The molecule has 0 N–H and O–H groups in total. The molecular formula is C6H13NO2. The van der Waals surface area contributed by atoms with Crippen LogP contribution in [0.2, 0.25) is 0 Å². The van der Waals surface area contributed by atoms with Crippen molar-refractivity contribution in [3.8, 4) is 0 Å². The molecule has 0 fully saturated rings. The summed E-state index contributed by atoms with van der Waals surface area (Å²) in [5.41, 5.74) is 0. The summed E-state index contributed by atoms with van der Waals surface area (Å²) < 4.78 is 0. The molecule has 1 amide bonds. The van der Waals surface area contributed by atoms with Gasteiger partial charge in [-0.2, -0.15) is 0 Å². The number of amides is 1. The number of nitrogens with zero attached hydrogens (tertiary/aromatic N) is 1. The van der Waals surface area contributed by atoms with Crippen molar-refractivity contribution in [1.29, 1.82) is 0 Å². The summed E-state index contributed by atoms with van der Waals surface area (Å²) in [5.74, 6) is -0.0423. The Morgan fingerprint density at radius 3 is 2.22 bits per heavy atom. The van der Waals surface area contributed by atoms with E-state index in [4.69, 9.17) is 4.84 Å². The van der Waals surface area contributed by atoms with Gasteiger partial charge in [0.2, 0.25) is 5.91 Å². The molecule has 0 aliphatic heterocycles. The standard InChI is InChI=1S/C6H13NO2/c1-4-7(6(3)8)9-5-2/h4-5H2,1-3H3. The molecular weight excluding hydrogens is 118 g/mol. The van der Waals surface area contributed by atoms with Gasteiger partial charge in [-0.1, -0.05) is 0 Å². The molecule has 0 aliphatic carbocycles. The zero-order valence-corrected chi connectivity index (χ0v) is 6.18. The topological polar surface area (TPSA) is 29.5 Å². The molecule has 0 spiro atoms. The fourth-order valence-electron chi connectivity index (χ4n) is 0.561. The lowest BCUT2D eigenvalue weighted by Gasteiger charge is -2.16. The van der Waals surface area contributed by atoms with Crippen LogP contribution in [0.1, 0.15) is 20.8 Å². The summed E-state index contributed by atoms with van der Waals surface area (Å²) >= 11 is 0. The van der Waals surface area contributed by atoms with E-state index in [2.05, 4.69) is 0 Å². The molecule has 0 radical (unpaired) electrons. The van der Waals surface area contributed by atoms with Crippen molar-refractivity contribution in [2.75, 3.05) is 13.2 Å². The van der Waals surface area contributed by atoms with Crippen molar-refractivity contribution in [2.24, 2.45) is 0 Å². The van der Waals surface area contributed by atoms with Gasteiger partial charge in [0.25, 0.3) is 0 Å². The fraction of sp³-hybridized carbons (Fsp3) is 0.833. The molecule has 0 heterocycles. The summed E-state index contributed by atoms with van der Waals surface area (Å²) in [6, 6.07) is 0. The van der Waals surface area contributed by atoms with Gasteiger partial charge in [0, 0.05) is 13.5 Å². The first-order chi connectivity index (χ1) is 4.22. The van der Waals surface area contributed by atoms with E-state index in [0.717, 1.165) is 0 Å². The van der Waals surface area contributed by atoms with Crippen molar-refractivity contribution in [3.63, 3.8) is 0 Å². The quantitative estimate of drug-likeness (QED) is 0.530. The summed E-state index contributed by atoms with van der Waals surface area (Å²) in [5, 5.41) is 1.33. The van der Waals surface area contributed by atoms with Gasteiger partial charge in [-0.15, -0.1) is 0 Å². The Morgan fingerprint density at radius 2 is 2.11 bits per heavy atom. The van der Waals surface area contributed by atoms with E-state index >= 15 is 0 Å². The molecule has 0 aromatic carbocycles. The van der Waals surface area contributed by atoms with Gasteiger partial charge < -0.3 is 0 Å². The van der Waals surface area contributed by atoms with E-state index in [1.165, 1.54) is 12.0 Å².